The molecule has 21 heavy (non-hydrogen) atoms. The summed E-state index contributed by atoms with van der Waals surface area (Å²) in [6.07, 6.45) is 5.59. The Hall–Kier alpha value is -1.84. The summed E-state index contributed by atoms with van der Waals surface area (Å²) in [4.78, 5) is 25.3. The van der Waals surface area contributed by atoms with Crippen molar-refractivity contribution in [1.82, 2.24) is 0 Å². The van der Waals surface area contributed by atoms with Gasteiger partial charge in [0.15, 0.2) is 0 Å². The van der Waals surface area contributed by atoms with Gasteiger partial charge >= 0.3 is 11.9 Å². The summed E-state index contributed by atoms with van der Waals surface area (Å²) in [7, 11) is 3.85. The predicted octanol–water partition coefficient (Wildman–Crippen LogP) is 3.80. The Morgan fingerprint density at radius 3 is 2.19 bits per heavy atom. The van der Waals surface area contributed by atoms with Gasteiger partial charge in [0, 0.05) is 26.2 Å². The van der Waals surface area contributed by atoms with E-state index in [1.165, 1.54) is 12.8 Å². The largest absolute Gasteiger partial charge is 0.389 e. The Labute approximate surface area is 127 Å². The van der Waals surface area contributed by atoms with E-state index >= 15 is 0 Å². The van der Waals surface area contributed by atoms with Crippen molar-refractivity contribution in [2.45, 2.75) is 45.4 Å². The van der Waals surface area contributed by atoms with Crippen LogP contribution in [0.1, 0.15) is 55.8 Å². The fraction of sp³-hybridized carbons (Fsp3) is 0.529. The first-order valence-electron chi connectivity index (χ1n) is 7.57. The summed E-state index contributed by atoms with van der Waals surface area (Å²) in [5, 5.41) is 0. The average Bonchev–Trinajstić information content (AvgIpc) is 2.47. The lowest BCUT2D eigenvalue weighted by molar-refractivity contribution is -0.138. The molecule has 0 amide bonds. The molecular formula is C17H25NO3. The highest BCUT2D eigenvalue weighted by atomic mass is 16.6. The third-order valence-electron chi connectivity index (χ3n) is 3.31. The molecule has 0 N–H and O–H groups in total. The van der Waals surface area contributed by atoms with Crippen LogP contribution >= 0.6 is 0 Å². The van der Waals surface area contributed by atoms with E-state index < -0.39 is 11.9 Å². The molecule has 0 bridgehead atoms. The van der Waals surface area contributed by atoms with Crippen LogP contribution in [-0.2, 0) is 9.53 Å². The maximum absolute atomic E-state index is 11.8. The van der Waals surface area contributed by atoms with Gasteiger partial charge in [-0.05, 0) is 30.7 Å². The first-order valence-corrected chi connectivity index (χ1v) is 7.57. The number of esters is 2. The maximum atomic E-state index is 11.8. The molecule has 0 aliphatic rings. The molecule has 116 valence electrons. The zero-order valence-corrected chi connectivity index (χ0v) is 13.2. The normalized spacial score (nSPS) is 10.2. The molecule has 4 heteroatoms. The molecule has 0 heterocycles. The van der Waals surface area contributed by atoms with Gasteiger partial charge in [-0.1, -0.05) is 32.6 Å². The van der Waals surface area contributed by atoms with E-state index in [0.717, 1.165) is 24.9 Å². The lowest BCUT2D eigenvalue weighted by atomic mass is 10.1. The number of hydrogen-bond donors (Lipinski definition) is 0. The first-order chi connectivity index (χ1) is 10.0. The summed E-state index contributed by atoms with van der Waals surface area (Å²) in [5.74, 6) is -1.01. The van der Waals surface area contributed by atoms with E-state index in [9.17, 15) is 9.59 Å². The highest BCUT2D eigenvalue weighted by Crippen LogP contribution is 2.13. The van der Waals surface area contributed by atoms with Crippen molar-refractivity contribution >= 4 is 17.6 Å². The Kier molecular flexibility index (Phi) is 7.51. The number of carbonyl (C=O) groups excluding carboxylic acids is 2. The average molecular weight is 291 g/mol. The Morgan fingerprint density at radius 2 is 1.62 bits per heavy atom. The van der Waals surface area contributed by atoms with Crippen LogP contribution in [-0.4, -0.2) is 26.0 Å². The van der Waals surface area contributed by atoms with Crippen LogP contribution in [0.2, 0.25) is 0 Å². The number of nitrogens with zero attached hydrogens (tertiary/aromatic N) is 1. The number of unbranched alkanes of at least 4 members (excludes halogenated alkanes) is 4. The zero-order valence-electron chi connectivity index (χ0n) is 13.2. The predicted molar refractivity (Wildman–Crippen MR) is 84.6 cm³/mol. The van der Waals surface area contributed by atoms with Crippen LogP contribution in [0.3, 0.4) is 0 Å². The van der Waals surface area contributed by atoms with Gasteiger partial charge in [-0.15, -0.1) is 0 Å². The van der Waals surface area contributed by atoms with Gasteiger partial charge < -0.3 is 9.64 Å². The minimum atomic E-state index is -0.570. The quantitative estimate of drug-likeness (QED) is 0.415. The highest BCUT2D eigenvalue weighted by molar-refractivity contribution is 5.97. The van der Waals surface area contributed by atoms with Crippen LogP contribution in [0.15, 0.2) is 24.3 Å². The van der Waals surface area contributed by atoms with E-state index in [1.54, 1.807) is 12.1 Å². The monoisotopic (exact) mass is 291 g/mol. The number of anilines is 1. The maximum Gasteiger partial charge on any atom is 0.345 e. The number of benzene rings is 1. The Bertz CT molecular complexity index is 452. The molecule has 1 rings (SSSR count). The summed E-state index contributed by atoms with van der Waals surface area (Å²) in [6, 6.07) is 7.00. The smallest absolute Gasteiger partial charge is 0.345 e. The minimum absolute atomic E-state index is 0.311. The van der Waals surface area contributed by atoms with Gasteiger partial charge in [-0.3, -0.25) is 4.79 Å². The van der Waals surface area contributed by atoms with Crippen molar-refractivity contribution in [3.05, 3.63) is 29.8 Å². The van der Waals surface area contributed by atoms with Crippen molar-refractivity contribution in [3.63, 3.8) is 0 Å². The van der Waals surface area contributed by atoms with E-state index in [4.69, 9.17) is 4.74 Å². The van der Waals surface area contributed by atoms with E-state index in [-0.39, 0.29) is 0 Å². The van der Waals surface area contributed by atoms with E-state index in [1.807, 2.05) is 31.1 Å². The third kappa shape index (κ3) is 6.43. The molecule has 0 radical (unpaired) electrons. The number of carbonyl (C=O) groups is 2. The summed E-state index contributed by atoms with van der Waals surface area (Å²) >= 11 is 0. The molecule has 0 aliphatic carbocycles. The van der Waals surface area contributed by atoms with Crippen molar-refractivity contribution in [2.75, 3.05) is 19.0 Å². The van der Waals surface area contributed by atoms with Crippen LogP contribution in [0.4, 0.5) is 5.69 Å². The van der Waals surface area contributed by atoms with Crippen LogP contribution in [0.25, 0.3) is 0 Å². The van der Waals surface area contributed by atoms with Crippen molar-refractivity contribution < 1.29 is 14.3 Å². The molecule has 1 aromatic carbocycles. The molecule has 0 aromatic heterocycles. The molecule has 0 spiro atoms. The van der Waals surface area contributed by atoms with Gasteiger partial charge in [-0.25, -0.2) is 4.79 Å². The molecule has 0 aliphatic heterocycles. The van der Waals surface area contributed by atoms with Gasteiger partial charge in [0.2, 0.25) is 0 Å². The second kappa shape index (κ2) is 9.16. The molecule has 0 fully saturated rings. The van der Waals surface area contributed by atoms with Gasteiger partial charge in [0.1, 0.15) is 0 Å². The molecular weight excluding hydrogens is 266 g/mol. The Morgan fingerprint density at radius 1 is 1.00 bits per heavy atom. The fourth-order valence-corrected chi connectivity index (χ4v) is 1.98. The lowest BCUT2D eigenvalue weighted by Gasteiger charge is -2.12. The summed E-state index contributed by atoms with van der Waals surface area (Å²) in [6.45, 7) is 2.15. The second-order valence-corrected chi connectivity index (χ2v) is 5.37. The molecule has 0 saturated carbocycles. The summed E-state index contributed by atoms with van der Waals surface area (Å²) < 4.78 is 4.85. The fourth-order valence-electron chi connectivity index (χ4n) is 1.98. The number of rotatable bonds is 8. The molecule has 1 aromatic rings. The molecule has 0 saturated heterocycles. The summed E-state index contributed by atoms with van der Waals surface area (Å²) in [5.41, 5.74) is 1.40. The lowest BCUT2D eigenvalue weighted by Crippen LogP contribution is -2.13. The van der Waals surface area contributed by atoms with Crippen LogP contribution in [0.5, 0.6) is 0 Å². The molecule has 0 unspecified atom stereocenters. The number of hydrogen-bond acceptors (Lipinski definition) is 4. The van der Waals surface area contributed by atoms with Crippen LogP contribution in [0, 0.1) is 0 Å². The van der Waals surface area contributed by atoms with Gasteiger partial charge in [0.25, 0.3) is 0 Å². The Balaban J connectivity index is 2.36. The molecule has 0 atom stereocenters. The van der Waals surface area contributed by atoms with Crippen molar-refractivity contribution in [2.24, 2.45) is 0 Å². The topological polar surface area (TPSA) is 46.6 Å². The van der Waals surface area contributed by atoms with Crippen molar-refractivity contribution in [1.29, 1.82) is 0 Å². The second-order valence-electron chi connectivity index (χ2n) is 5.37. The SMILES string of the molecule is CCCCCCCC(=O)OC(=O)c1ccc(N(C)C)cc1. The standard InChI is InChI=1S/C17H25NO3/c1-4-5-6-7-8-9-16(19)21-17(20)14-10-12-15(13-11-14)18(2)3/h10-13H,4-9H2,1-3H3. The van der Waals surface area contributed by atoms with Gasteiger partial charge in [-0.2, -0.15) is 0 Å². The molecule has 4 nitrogen and oxygen atoms in total. The third-order valence-corrected chi connectivity index (χ3v) is 3.31. The highest BCUT2D eigenvalue weighted by Gasteiger charge is 2.12. The van der Waals surface area contributed by atoms with E-state index in [2.05, 4.69) is 6.92 Å². The first kappa shape index (κ1) is 17.2. The minimum Gasteiger partial charge on any atom is -0.389 e. The van der Waals surface area contributed by atoms with Crippen LogP contribution < -0.4 is 4.90 Å². The van der Waals surface area contributed by atoms with E-state index in [0.29, 0.717) is 12.0 Å². The van der Waals surface area contributed by atoms with Crippen molar-refractivity contribution in [3.8, 4) is 0 Å². The van der Waals surface area contributed by atoms with Gasteiger partial charge in [0.05, 0.1) is 5.56 Å². The zero-order chi connectivity index (χ0) is 15.7. The number of ether oxygens (including phenoxy) is 1.